The first kappa shape index (κ1) is 21.0. The van der Waals surface area contributed by atoms with Crippen molar-refractivity contribution in [3.05, 3.63) is 52.6 Å². The summed E-state index contributed by atoms with van der Waals surface area (Å²) < 4.78 is 45.4. The molecule has 152 valence electrons. The van der Waals surface area contributed by atoms with E-state index in [1.54, 1.807) is 12.1 Å². The van der Waals surface area contributed by atoms with Crippen LogP contribution < -0.4 is 9.84 Å². The highest BCUT2D eigenvalue weighted by Gasteiger charge is 2.33. The van der Waals surface area contributed by atoms with E-state index in [0.717, 1.165) is 6.07 Å². The summed E-state index contributed by atoms with van der Waals surface area (Å²) in [5.41, 5.74) is 0.0237. The standard InChI is InChI=1S/C21H18F3NO3S/c1-10-12(6-5-7-14(10)21(22,23)24)19-11(2)18(20(26)27)13-8-17(29-4)16(28-3)9-15(13)25-19/h5-9H,1-4H3,(H,26,27)/p-1. The lowest BCUT2D eigenvalue weighted by atomic mass is 9.93. The molecule has 0 amide bonds. The number of thioether (sulfide) groups is 1. The quantitative estimate of drug-likeness (QED) is 0.576. The van der Waals surface area contributed by atoms with Crippen molar-refractivity contribution >= 4 is 28.6 Å². The Labute approximate surface area is 169 Å². The number of hydrogen-bond donors (Lipinski definition) is 0. The van der Waals surface area contributed by atoms with Gasteiger partial charge in [-0.15, -0.1) is 11.8 Å². The predicted octanol–water partition coefficient (Wildman–Crippen LogP) is 4.63. The van der Waals surface area contributed by atoms with E-state index in [9.17, 15) is 23.1 Å². The van der Waals surface area contributed by atoms with Crippen LogP contribution in [0.15, 0.2) is 35.2 Å². The van der Waals surface area contributed by atoms with E-state index in [1.165, 1.54) is 44.9 Å². The topological polar surface area (TPSA) is 62.2 Å². The number of methoxy groups -OCH3 is 1. The van der Waals surface area contributed by atoms with Crippen LogP contribution in [0.5, 0.6) is 5.75 Å². The summed E-state index contributed by atoms with van der Waals surface area (Å²) in [6, 6.07) is 7.00. The average Bonchev–Trinajstić information content (AvgIpc) is 2.65. The molecule has 0 aliphatic rings. The van der Waals surface area contributed by atoms with Gasteiger partial charge in [-0.25, -0.2) is 4.98 Å². The number of ether oxygens (including phenoxy) is 1. The minimum Gasteiger partial charge on any atom is -0.545 e. The summed E-state index contributed by atoms with van der Waals surface area (Å²) in [6.45, 7) is 2.87. The summed E-state index contributed by atoms with van der Waals surface area (Å²) in [6.07, 6.45) is -2.71. The zero-order valence-electron chi connectivity index (χ0n) is 16.1. The highest BCUT2D eigenvalue weighted by molar-refractivity contribution is 7.98. The van der Waals surface area contributed by atoms with Gasteiger partial charge in [0.2, 0.25) is 0 Å². The summed E-state index contributed by atoms with van der Waals surface area (Å²) in [7, 11) is 1.48. The van der Waals surface area contributed by atoms with Crippen LogP contribution in [0.4, 0.5) is 13.2 Å². The Balaban J connectivity index is 2.42. The van der Waals surface area contributed by atoms with Gasteiger partial charge in [-0.1, -0.05) is 12.1 Å². The molecule has 0 spiro atoms. The maximum atomic E-state index is 13.3. The molecule has 0 fully saturated rings. The third kappa shape index (κ3) is 3.64. The van der Waals surface area contributed by atoms with Crippen LogP contribution in [-0.4, -0.2) is 24.3 Å². The number of nitrogens with zero attached hydrogens (tertiary/aromatic N) is 1. The van der Waals surface area contributed by atoms with Gasteiger partial charge in [0.25, 0.3) is 0 Å². The first-order valence-corrected chi connectivity index (χ1v) is 9.77. The van der Waals surface area contributed by atoms with E-state index in [-0.39, 0.29) is 27.9 Å². The lowest BCUT2D eigenvalue weighted by Gasteiger charge is -2.19. The molecule has 0 radical (unpaired) electrons. The number of carbonyl (C=O) groups excluding carboxylic acids is 1. The first-order chi connectivity index (χ1) is 13.6. The van der Waals surface area contributed by atoms with Gasteiger partial charge >= 0.3 is 6.18 Å². The van der Waals surface area contributed by atoms with Gasteiger partial charge in [0, 0.05) is 27.5 Å². The summed E-state index contributed by atoms with van der Waals surface area (Å²) in [5.74, 6) is -0.921. The predicted molar refractivity (Wildman–Crippen MR) is 104 cm³/mol. The molecule has 0 saturated carbocycles. The summed E-state index contributed by atoms with van der Waals surface area (Å²) in [5, 5.41) is 12.3. The van der Waals surface area contributed by atoms with Gasteiger partial charge in [-0.3, -0.25) is 0 Å². The fraction of sp³-hybridized carbons (Fsp3) is 0.238. The lowest BCUT2D eigenvalue weighted by molar-refractivity contribution is -0.254. The van der Waals surface area contributed by atoms with Crippen LogP contribution in [0, 0.1) is 13.8 Å². The van der Waals surface area contributed by atoms with Crippen molar-refractivity contribution in [3.63, 3.8) is 0 Å². The van der Waals surface area contributed by atoms with E-state index in [0.29, 0.717) is 21.5 Å². The summed E-state index contributed by atoms with van der Waals surface area (Å²) >= 11 is 1.38. The number of carbonyl (C=O) groups is 1. The highest BCUT2D eigenvalue weighted by atomic mass is 32.2. The minimum absolute atomic E-state index is 0.0213. The normalized spacial score (nSPS) is 11.7. The Morgan fingerprint density at radius 1 is 1.17 bits per heavy atom. The smallest absolute Gasteiger partial charge is 0.416 e. The molecule has 0 atom stereocenters. The molecule has 0 unspecified atom stereocenters. The van der Waals surface area contributed by atoms with Crippen molar-refractivity contribution in [2.45, 2.75) is 24.9 Å². The van der Waals surface area contributed by atoms with Crippen LogP contribution in [0.3, 0.4) is 0 Å². The van der Waals surface area contributed by atoms with Crippen molar-refractivity contribution in [2.24, 2.45) is 0 Å². The molecular weight excluding hydrogens is 403 g/mol. The largest absolute Gasteiger partial charge is 0.545 e. The van der Waals surface area contributed by atoms with E-state index in [1.807, 2.05) is 6.26 Å². The number of pyridine rings is 1. The van der Waals surface area contributed by atoms with Gasteiger partial charge in [0.05, 0.1) is 29.9 Å². The Hall–Kier alpha value is -2.74. The van der Waals surface area contributed by atoms with Gasteiger partial charge in [0.1, 0.15) is 5.75 Å². The second kappa shape index (κ2) is 7.59. The monoisotopic (exact) mass is 420 g/mol. The molecular formula is C21H17F3NO3S-. The molecule has 0 bridgehead atoms. The number of aromatic carboxylic acids is 1. The number of carboxylic acid groups (broad SMARTS) is 1. The number of aromatic nitrogens is 1. The third-order valence-corrected chi connectivity index (χ3v) is 5.59. The van der Waals surface area contributed by atoms with E-state index < -0.39 is 17.7 Å². The lowest BCUT2D eigenvalue weighted by Crippen LogP contribution is -2.24. The number of alkyl halides is 3. The second-order valence-corrected chi connectivity index (χ2v) is 7.30. The second-order valence-electron chi connectivity index (χ2n) is 6.45. The van der Waals surface area contributed by atoms with Crippen LogP contribution >= 0.6 is 11.8 Å². The van der Waals surface area contributed by atoms with Crippen molar-refractivity contribution in [2.75, 3.05) is 13.4 Å². The van der Waals surface area contributed by atoms with Crippen molar-refractivity contribution in [1.29, 1.82) is 0 Å². The van der Waals surface area contributed by atoms with Crippen LogP contribution in [-0.2, 0) is 6.18 Å². The van der Waals surface area contributed by atoms with E-state index >= 15 is 0 Å². The van der Waals surface area contributed by atoms with Crippen LogP contribution in [0.2, 0.25) is 0 Å². The van der Waals surface area contributed by atoms with Crippen LogP contribution in [0.25, 0.3) is 22.2 Å². The molecule has 0 aliphatic heterocycles. The molecule has 1 heterocycles. The van der Waals surface area contributed by atoms with Crippen LogP contribution in [0.1, 0.15) is 27.0 Å². The fourth-order valence-electron chi connectivity index (χ4n) is 3.41. The first-order valence-electron chi connectivity index (χ1n) is 8.55. The average molecular weight is 420 g/mol. The molecule has 0 saturated heterocycles. The molecule has 29 heavy (non-hydrogen) atoms. The molecule has 3 rings (SSSR count). The molecule has 2 aromatic carbocycles. The zero-order valence-corrected chi connectivity index (χ0v) is 16.9. The third-order valence-electron chi connectivity index (χ3n) is 4.83. The zero-order chi connectivity index (χ0) is 21.5. The van der Waals surface area contributed by atoms with Crippen molar-refractivity contribution in [1.82, 2.24) is 4.98 Å². The number of carboxylic acids is 1. The fourth-order valence-corrected chi connectivity index (χ4v) is 3.99. The maximum Gasteiger partial charge on any atom is 0.416 e. The Morgan fingerprint density at radius 2 is 1.86 bits per heavy atom. The SMILES string of the molecule is COc1cc2nc(-c3cccc(C(F)(F)F)c3C)c(C)c(C(=O)[O-])c2cc1SC. The number of halogens is 3. The number of rotatable bonds is 4. The van der Waals surface area contributed by atoms with Crippen molar-refractivity contribution < 1.29 is 27.8 Å². The van der Waals surface area contributed by atoms with Gasteiger partial charge in [-0.05, 0) is 43.4 Å². The number of hydrogen-bond acceptors (Lipinski definition) is 5. The summed E-state index contributed by atoms with van der Waals surface area (Å²) in [4.78, 5) is 17.2. The molecule has 4 nitrogen and oxygen atoms in total. The molecule has 0 N–H and O–H groups in total. The minimum atomic E-state index is -4.53. The Morgan fingerprint density at radius 3 is 2.41 bits per heavy atom. The van der Waals surface area contributed by atoms with Crippen molar-refractivity contribution in [3.8, 4) is 17.0 Å². The molecule has 3 aromatic rings. The van der Waals surface area contributed by atoms with E-state index in [2.05, 4.69) is 4.98 Å². The van der Waals surface area contributed by atoms with Gasteiger partial charge in [0.15, 0.2) is 0 Å². The Kier molecular flexibility index (Phi) is 5.49. The maximum absolute atomic E-state index is 13.3. The van der Waals surface area contributed by atoms with Gasteiger partial charge < -0.3 is 14.6 Å². The highest BCUT2D eigenvalue weighted by Crippen LogP contribution is 2.39. The van der Waals surface area contributed by atoms with E-state index in [4.69, 9.17) is 4.74 Å². The number of fused-ring (bicyclic) bond motifs is 1. The molecule has 1 aromatic heterocycles. The molecule has 8 heteroatoms. The number of benzene rings is 2. The molecule has 0 aliphatic carbocycles. The van der Waals surface area contributed by atoms with Gasteiger partial charge in [-0.2, -0.15) is 13.2 Å². The Bertz CT molecular complexity index is 1130.